The van der Waals surface area contributed by atoms with Gasteiger partial charge in [0.1, 0.15) is 17.0 Å². The standard InChI is InChI=1S/C18H23N5O2/c1-12(9-13-5-7-14(25-4)8-6-13)22(2)11-16-20-17-15(18(24)21-16)10-19-23(17)3/h5-8,10,12H,9,11H2,1-4H3,(H,20,21,24)/t12-/m0/s1. The molecule has 7 nitrogen and oxygen atoms in total. The molecule has 0 radical (unpaired) electrons. The van der Waals surface area contributed by atoms with E-state index in [4.69, 9.17) is 4.74 Å². The molecule has 1 aromatic carbocycles. The Hall–Kier alpha value is -2.67. The molecule has 3 aromatic rings. The van der Waals surface area contributed by atoms with Gasteiger partial charge in [-0.1, -0.05) is 12.1 Å². The van der Waals surface area contributed by atoms with Crippen molar-refractivity contribution in [2.45, 2.75) is 25.9 Å². The van der Waals surface area contributed by atoms with Crippen LogP contribution in [0, 0.1) is 0 Å². The predicted octanol–water partition coefficient (Wildman–Crippen LogP) is 1.73. The van der Waals surface area contributed by atoms with Crippen LogP contribution in [0.4, 0.5) is 0 Å². The zero-order valence-electron chi connectivity index (χ0n) is 15.0. The van der Waals surface area contributed by atoms with Gasteiger partial charge in [0.25, 0.3) is 5.56 Å². The van der Waals surface area contributed by atoms with Crippen LogP contribution in [-0.2, 0) is 20.0 Å². The quantitative estimate of drug-likeness (QED) is 0.739. The maximum Gasteiger partial charge on any atom is 0.262 e. The lowest BCUT2D eigenvalue weighted by Gasteiger charge is -2.24. The highest BCUT2D eigenvalue weighted by Crippen LogP contribution is 2.15. The normalized spacial score (nSPS) is 12.7. The molecule has 7 heteroatoms. The number of ether oxygens (including phenoxy) is 1. The number of hydrogen-bond donors (Lipinski definition) is 1. The van der Waals surface area contributed by atoms with Gasteiger partial charge in [0.2, 0.25) is 0 Å². The summed E-state index contributed by atoms with van der Waals surface area (Å²) in [5.74, 6) is 1.50. The van der Waals surface area contributed by atoms with Crippen molar-refractivity contribution in [1.82, 2.24) is 24.6 Å². The molecule has 0 aliphatic rings. The van der Waals surface area contributed by atoms with Crippen molar-refractivity contribution in [1.29, 1.82) is 0 Å². The topological polar surface area (TPSA) is 76.0 Å². The molecule has 2 aromatic heterocycles. The summed E-state index contributed by atoms with van der Waals surface area (Å²) in [5, 5.41) is 4.61. The van der Waals surface area contributed by atoms with Crippen molar-refractivity contribution in [3.8, 4) is 5.75 Å². The van der Waals surface area contributed by atoms with Gasteiger partial charge in [0, 0.05) is 13.1 Å². The van der Waals surface area contributed by atoms with Crippen LogP contribution >= 0.6 is 0 Å². The molecule has 0 unspecified atom stereocenters. The fourth-order valence-corrected chi connectivity index (χ4v) is 2.80. The van der Waals surface area contributed by atoms with E-state index in [0.717, 1.165) is 12.2 Å². The molecule has 1 atom stereocenters. The average molecular weight is 341 g/mol. The minimum absolute atomic E-state index is 0.149. The Bertz CT molecular complexity index is 913. The Balaban J connectivity index is 1.71. The number of H-pyrrole nitrogens is 1. The van der Waals surface area contributed by atoms with Crippen molar-refractivity contribution in [3.05, 3.63) is 52.2 Å². The Morgan fingerprint density at radius 2 is 2.04 bits per heavy atom. The minimum atomic E-state index is -0.149. The summed E-state index contributed by atoms with van der Waals surface area (Å²) < 4.78 is 6.81. The molecule has 1 N–H and O–H groups in total. The molecule has 25 heavy (non-hydrogen) atoms. The largest absolute Gasteiger partial charge is 0.497 e. The first-order chi connectivity index (χ1) is 12.0. The Kier molecular flexibility index (Phi) is 4.85. The van der Waals surface area contributed by atoms with Gasteiger partial charge in [0.15, 0.2) is 5.65 Å². The monoisotopic (exact) mass is 341 g/mol. The number of aryl methyl sites for hydroxylation is 1. The van der Waals surface area contributed by atoms with Gasteiger partial charge < -0.3 is 9.72 Å². The third kappa shape index (κ3) is 3.71. The van der Waals surface area contributed by atoms with Gasteiger partial charge in [-0.3, -0.25) is 14.4 Å². The fraction of sp³-hybridized carbons (Fsp3) is 0.389. The number of methoxy groups -OCH3 is 1. The number of benzene rings is 1. The molecular formula is C18H23N5O2. The number of aromatic amines is 1. The average Bonchev–Trinajstić information content (AvgIpc) is 2.97. The van der Waals surface area contributed by atoms with E-state index in [0.29, 0.717) is 29.4 Å². The van der Waals surface area contributed by atoms with Gasteiger partial charge in [-0.25, -0.2) is 4.98 Å². The van der Waals surface area contributed by atoms with Gasteiger partial charge in [-0.15, -0.1) is 0 Å². The summed E-state index contributed by atoms with van der Waals surface area (Å²) in [6.07, 6.45) is 2.44. The first-order valence-electron chi connectivity index (χ1n) is 8.22. The molecule has 0 saturated carbocycles. The van der Waals surface area contributed by atoms with Crippen LogP contribution in [0.15, 0.2) is 35.3 Å². The van der Waals surface area contributed by atoms with Crippen LogP contribution < -0.4 is 10.3 Å². The molecule has 0 bridgehead atoms. The first-order valence-corrected chi connectivity index (χ1v) is 8.22. The molecule has 0 spiro atoms. The van der Waals surface area contributed by atoms with Crippen molar-refractivity contribution in [2.24, 2.45) is 7.05 Å². The van der Waals surface area contributed by atoms with Crippen molar-refractivity contribution < 1.29 is 4.74 Å². The highest BCUT2D eigenvalue weighted by molar-refractivity contribution is 5.72. The van der Waals surface area contributed by atoms with Crippen LogP contribution in [0.2, 0.25) is 0 Å². The summed E-state index contributed by atoms with van der Waals surface area (Å²) in [7, 11) is 5.48. The number of fused-ring (bicyclic) bond motifs is 1. The number of likely N-dealkylation sites (N-methyl/N-ethyl adjacent to an activating group) is 1. The molecule has 2 heterocycles. The zero-order chi connectivity index (χ0) is 18.0. The molecule has 0 aliphatic heterocycles. The van der Waals surface area contributed by atoms with E-state index in [-0.39, 0.29) is 5.56 Å². The summed E-state index contributed by atoms with van der Waals surface area (Å²) in [4.78, 5) is 21.7. The van der Waals surface area contributed by atoms with Gasteiger partial charge in [-0.2, -0.15) is 5.10 Å². The third-order valence-corrected chi connectivity index (χ3v) is 4.49. The second-order valence-corrected chi connectivity index (χ2v) is 6.33. The van der Waals surface area contributed by atoms with E-state index in [2.05, 4.69) is 39.0 Å². The van der Waals surface area contributed by atoms with Crippen LogP contribution in [-0.4, -0.2) is 44.8 Å². The molecule has 3 rings (SSSR count). The predicted molar refractivity (Wildman–Crippen MR) is 96.8 cm³/mol. The fourth-order valence-electron chi connectivity index (χ4n) is 2.80. The van der Waals surface area contributed by atoms with Gasteiger partial charge >= 0.3 is 0 Å². The zero-order valence-corrected chi connectivity index (χ0v) is 15.0. The van der Waals surface area contributed by atoms with Gasteiger partial charge in [0.05, 0.1) is 19.9 Å². The Labute approximate surface area is 146 Å². The van der Waals surface area contributed by atoms with E-state index in [1.165, 1.54) is 5.56 Å². The lowest BCUT2D eigenvalue weighted by molar-refractivity contribution is 0.242. The van der Waals surface area contributed by atoms with Crippen molar-refractivity contribution in [2.75, 3.05) is 14.2 Å². The van der Waals surface area contributed by atoms with E-state index in [9.17, 15) is 4.79 Å². The minimum Gasteiger partial charge on any atom is -0.497 e. The van der Waals surface area contributed by atoms with Crippen molar-refractivity contribution in [3.63, 3.8) is 0 Å². The summed E-state index contributed by atoms with van der Waals surface area (Å²) in [6, 6.07) is 8.38. The van der Waals surface area contributed by atoms with E-state index in [1.807, 2.05) is 19.2 Å². The lowest BCUT2D eigenvalue weighted by Crippen LogP contribution is -2.32. The summed E-state index contributed by atoms with van der Waals surface area (Å²) >= 11 is 0. The van der Waals surface area contributed by atoms with E-state index >= 15 is 0 Å². The molecule has 0 amide bonds. The number of aromatic nitrogens is 4. The lowest BCUT2D eigenvalue weighted by atomic mass is 10.1. The molecular weight excluding hydrogens is 318 g/mol. The molecule has 132 valence electrons. The highest BCUT2D eigenvalue weighted by Gasteiger charge is 2.14. The molecule has 0 fully saturated rings. The molecule has 0 aliphatic carbocycles. The first kappa shape index (κ1) is 17.2. The highest BCUT2D eigenvalue weighted by atomic mass is 16.5. The number of nitrogens with one attached hydrogen (secondary N) is 1. The van der Waals surface area contributed by atoms with Crippen molar-refractivity contribution >= 4 is 11.0 Å². The van der Waals surface area contributed by atoms with Gasteiger partial charge in [-0.05, 0) is 38.1 Å². The number of hydrogen-bond acceptors (Lipinski definition) is 5. The molecule has 0 saturated heterocycles. The van der Waals surface area contributed by atoms with E-state index < -0.39 is 0 Å². The summed E-state index contributed by atoms with van der Waals surface area (Å²) in [5.41, 5.74) is 1.70. The maximum atomic E-state index is 12.1. The smallest absolute Gasteiger partial charge is 0.262 e. The Morgan fingerprint density at radius 1 is 1.32 bits per heavy atom. The SMILES string of the molecule is COc1ccc(C[C@H](C)N(C)Cc2nc3c(cnn3C)c(=O)[nH]2)cc1. The summed E-state index contributed by atoms with van der Waals surface area (Å²) in [6.45, 7) is 2.72. The maximum absolute atomic E-state index is 12.1. The van der Waals surface area contributed by atoms with Crippen LogP contribution in [0.1, 0.15) is 18.3 Å². The number of nitrogens with zero attached hydrogens (tertiary/aromatic N) is 4. The Morgan fingerprint density at radius 3 is 2.72 bits per heavy atom. The van der Waals surface area contributed by atoms with Crippen LogP contribution in [0.25, 0.3) is 11.0 Å². The van der Waals surface area contributed by atoms with Crippen LogP contribution in [0.5, 0.6) is 5.75 Å². The third-order valence-electron chi connectivity index (χ3n) is 4.49. The second kappa shape index (κ2) is 7.06. The number of rotatable bonds is 6. The van der Waals surface area contributed by atoms with E-state index in [1.54, 1.807) is 25.0 Å². The van der Waals surface area contributed by atoms with Crippen LogP contribution in [0.3, 0.4) is 0 Å². The second-order valence-electron chi connectivity index (χ2n) is 6.33.